The standard InChI is InChI=1S/C14H17N3OS2/c15-6-5-10-3-1-2-4-11(10)14-16-13(17-18-14)12-9-19-7-8-20-12/h1-4,12H,5-9,15H2. The molecule has 6 heteroatoms. The summed E-state index contributed by atoms with van der Waals surface area (Å²) in [6.45, 7) is 0.618. The van der Waals surface area contributed by atoms with Gasteiger partial charge in [-0.2, -0.15) is 16.7 Å². The Morgan fingerprint density at radius 3 is 3.00 bits per heavy atom. The summed E-state index contributed by atoms with van der Waals surface area (Å²) in [6, 6.07) is 8.09. The van der Waals surface area contributed by atoms with Crippen LogP contribution >= 0.6 is 23.5 Å². The van der Waals surface area contributed by atoms with Crippen molar-refractivity contribution in [3.8, 4) is 11.5 Å². The normalized spacial score (nSPS) is 19.1. The fourth-order valence-electron chi connectivity index (χ4n) is 2.21. The van der Waals surface area contributed by atoms with E-state index in [1.165, 1.54) is 5.75 Å². The number of nitrogens with zero attached hydrogens (tertiary/aromatic N) is 2. The molecule has 4 nitrogen and oxygen atoms in total. The second-order valence-electron chi connectivity index (χ2n) is 4.59. The summed E-state index contributed by atoms with van der Waals surface area (Å²) < 4.78 is 5.47. The number of hydrogen-bond donors (Lipinski definition) is 1. The van der Waals surface area contributed by atoms with E-state index in [4.69, 9.17) is 10.3 Å². The van der Waals surface area contributed by atoms with Crippen molar-refractivity contribution in [3.05, 3.63) is 35.7 Å². The molecule has 0 bridgehead atoms. The highest BCUT2D eigenvalue weighted by Crippen LogP contribution is 2.36. The Morgan fingerprint density at radius 1 is 1.30 bits per heavy atom. The van der Waals surface area contributed by atoms with Gasteiger partial charge < -0.3 is 10.3 Å². The van der Waals surface area contributed by atoms with Gasteiger partial charge in [-0.3, -0.25) is 0 Å². The first-order valence-corrected chi connectivity index (χ1v) is 8.90. The van der Waals surface area contributed by atoms with E-state index in [1.807, 2.05) is 41.7 Å². The maximum absolute atomic E-state index is 5.66. The van der Waals surface area contributed by atoms with Gasteiger partial charge in [-0.05, 0) is 24.6 Å². The smallest absolute Gasteiger partial charge is 0.258 e. The van der Waals surface area contributed by atoms with Crippen molar-refractivity contribution in [1.29, 1.82) is 0 Å². The van der Waals surface area contributed by atoms with Crippen LogP contribution in [0.5, 0.6) is 0 Å². The molecule has 0 spiro atoms. The van der Waals surface area contributed by atoms with E-state index in [9.17, 15) is 0 Å². The lowest BCUT2D eigenvalue weighted by atomic mass is 10.0. The van der Waals surface area contributed by atoms with Gasteiger partial charge in [0.1, 0.15) is 0 Å². The van der Waals surface area contributed by atoms with Gasteiger partial charge in [-0.15, -0.1) is 11.8 Å². The Balaban J connectivity index is 1.86. The van der Waals surface area contributed by atoms with Crippen LogP contribution in [-0.2, 0) is 6.42 Å². The Morgan fingerprint density at radius 2 is 2.20 bits per heavy atom. The van der Waals surface area contributed by atoms with Crippen molar-refractivity contribution in [2.45, 2.75) is 11.7 Å². The molecule has 1 unspecified atom stereocenters. The summed E-state index contributed by atoms with van der Waals surface area (Å²) >= 11 is 3.87. The zero-order valence-corrected chi connectivity index (χ0v) is 12.8. The first-order chi connectivity index (χ1) is 9.88. The lowest BCUT2D eigenvalue weighted by molar-refractivity contribution is 0.422. The lowest BCUT2D eigenvalue weighted by Crippen LogP contribution is -2.08. The highest BCUT2D eigenvalue weighted by Gasteiger charge is 2.22. The predicted molar refractivity (Wildman–Crippen MR) is 85.0 cm³/mol. The zero-order valence-electron chi connectivity index (χ0n) is 11.1. The molecule has 2 heterocycles. The van der Waals surface area contributed by atoms with Crippen molar-refractivity contribution < 1.29 is 4.52 Å². The second kappa shape index (κ2) is 6.65. The molecule has 1 aliphatic rings. The number of rotatable bonds is 4. The van der Waals surface area contributed by atoms with Crippen LogP contribution in [-0.4, -0.2) is 33.9 Å². The van der Waals surface area contributed by atoms with Crippen LogP contribution < -0.4 is 5.73 Å². The minimum Gasteiger partial charge on any atom is -0.334 e. The Labute approximate surface area is 126 Å². The third kappa shape index (κ3) is 3.02. The summed E-state index contributed by atoms with van der Waals surface area (Å²) in [5.74, 6) is 4.86. The fraction of sp³-hybridized carbons (Fsp3) is 0.429. The summed E-state index contributed by atoms with van der Waals surface area (Å²) in [7, 11) is 0. The average Bonchev–Trinajstić information content (AvgIpc) is 2.99. The first-order valence-electron chi connectivity index (χ1n) is 6.70. The maximum Gasteiger partial charge on any atom is 0.258 e. The van der Waals surface area contributed by atoms with E-state index < -0.39 is 0 Å². The zero-order chi connectivity index (χ0) is 13.8. The molecule has 1 fully saturated rings. The molecule has 0 amide bonds. The van der Waals surface area contributed by atoms with Crippen LogP contribution in [0, 0.1) is 0 Å². The highest BCUT2D eigenvalue weighted by molar-refractivity contribution is 8.06. The molecule has 0 saturated carbocycles. The molecule has 1 saturated heterocycles. The molecule has 1 aromatic heterocycles. The second-order valence-corrected chi connectivity index (χ2v) is 7.05. The Kier molecular flexibility index (Phi) is 4.65. The van der Waals surface area contributed by atoms with Gasteiger partial charge in [0.15, 0.2) is 5.82 Å². The molecular weight excluding hydrogens is 290 g/mol. The molecule has 106 valence electrons. The van der Waals surface area contributed by atoms with E-state index in [0.717, 1.165) is 34.9 Å². The van der Waals surface area contributed by atoms with Crippen molar-refractivity contribution in [3.63, 3.8) is 0 Å². The van der Waals surface area contributed by atoms with E-state index in [1.54, 1.807) is 0 Å². The minimum atomic E-state index is 0.355. The van der Waals surface area contributed by atoms with Crippen molar-refractivity contribution in [2.24, 2.45) is 5.73 Å². The van der Waals surface area contributed by atoms with Crippen LogP contribution in [0.2, 0.25) is 0 Å². The monoisotopic (exact) mass is 307 g/mol. The summed E-state index contributed by atoms with van der Waals surface area (Å²) in [5, 5.41) is 4.52. The predicted octanol–water partition coefficient (Wildman–Crippen LogP) is 2.76. The van der Waals surface area contributed by atoms with Crippen LogP contribution in [0.4, 0.5) is 0 Å². The average molecular weight is 307 g/mol. The molecule has 3 rings (SSSR count). The van der Waals surface area contributed by atoms with Gasteiger partial charge >= 0.3 is 0 Å². The quantitative estimate of drug-likeness (QED) is 0.937. The van der Waals surface area contributed by atoms with Gasteiger partial charge in [-0.25, -0.2) is 0 Å². The third-order valence-electron chi connectivity index (χ3n) is 3.21. The largest absolute Gasteiger partial charge is 0.334 e. The summed E-state index contributed by atoms with van der Waals surface area (Å²) in [5.41, 5.74) is 7.82. The Hall–Kier alpha value is -0.980. The molecule has 20 heavy (non-hydrogen) atoms. The molecule has 0 radical (unpaired) electrons. The van der Waals surface area contributed by atoms with Crippen LogP contribution in [0.1, 0.15) is 16.6 Å². The molecule has 2 N–H and O–H groups in total. The summed E-state index contributed by atoms with van der Waals surface area (Å²) in [6.07, 6.45) is 0.821. The van der Waals surface area contributed by atoms with Crippen molar-refractivity contribution >= 4 is 23.5 Å². The topological polar surface area (TPSA) is 64.9 Å². The van der Waals surface area contributed by atoms with Gasteiger partial charge in [0.2, 0.25) is 0 Å². The SMILES string of the molecule is NCCc1ccccc1-c1nc(C2CSCCS2)no1. The molecule has 0 aliphatic carbocycles. The fourth-order valence-corrected chi connectivity index (χ4v) is 4.80. The molecule has 1 aromatic carbocycles. The lowest BCUT2D eigenvalue weighted by Gasteiger charge is -2.17. The van der Waals surface area contributed by atoms with E-state index in [2.05, 4.69) is 16.2 Å². The number of hydrogen-bond acceptors (Lipinski definition) is 6. The van der Waals surface area contributed by atoms with Gasteiger partial charge in [0.05, 0.1) is 5.25 Å². The molecular formula is C14H17N3OS2. The number of benzene rings is 1. The van der Waals surface area contributed by atoms with Crippen molar-refractivity contribution in [1.82, 2.24) is 10.1 Å². The van der Waals surface area contributed by atoms with E-state index in [0.29, 0.717) is 17.7 Å². The highest BCUT2D eigenvalue weighted by atomic mass is 32.2. The minimum absolute atomic E-state index is 0.355. The van der Waals surface area contributed by atoms with Crippen LogP contribution in [0.15, 0.2) is 28.8 Å². The van der Waals surface area contributed by atoms with E-state index >= 15 is 0 Å². The van der Waals surface area contributed by atoms with Gasteiger partial charge in [-0.1, -0.05) is 23.4 Å². The number of thioether (sulfide) groups is 2. The van der Waals surface area contributed by atoms with Gasteiger partial charge in [0.25, 0.3) is 5.89 Å². The number of aromatic nitrogens is 2. The van der Waals surface area contributed by atoms with Gasteiger partial charge in [0, 0.05) is 22.8 Å². The van der Waals surface area contributed by atoms with Crippen LogP contribution in [0.3, 0.4) is 0 Å². The van der Waals surface area contributed by atoms with Crippen molar-refractivity contribution in [2.75, 3.05) is 23.8 Å². The Bertz CT molecular complexity index is 567. The van der Waals surface area contributed by atoms with E-state index in [-0.39, 0.29) is 0 Å². The first kappa shape index (κ1) is 14.0. The van der Waals surface area contributed by atoms with Crippen LogP contribution in [0.25, 0.3) is 11.5 Å². The third-order valence-corrected chi connectivity index (χ3v) is 5.96. The summed E-state index contributed by atoms with van der Waals surface area (Å²) in [4.78, 5) is 4.59. The maximum atomic E-state index is 5.66. The number of nitrogens with two attached hydrogens (primary N) is 1. The molecule has 2 aromatic rings. The molecule has 1 aliphatic heterocycles. The molecule has 1 atom stereocenters.